The molecule has 0 aliphatic heterocycles. The van der Waals surface area contributed by atoms with Gasteiger partial charge in [0.15, 0.2) is 0 Å². The van der Waals surface area contributed by atoms with Crippen LogP contribution in [0.15, 0.2) is 18.3 Å². The molecule has 0 atom stereocenters. The molecule has 2 aromatic heterocycles. The number of nitrogens with zero attached hydrogens (tertiary/aromatic N) is 2. The average molecular weight is 268 g/mol. The van der Waals surface area contributed by atoms with Crippen molar-refractivity contribution in [2.24, 2.45) is 0 Å². The smallest absolute Gasteiger partial charge is 0.203 e. The summed E-state index contributed by atoms with van der Waals surface area (Å²) in [4.78, 5) is 5.77. The van der Waals surface area contributed by atoms with Crippen molar-refractivity contribution in [1.82, 2.24) is 9.55 Å². The van der Waals surface area contributed by atoms with E-state index in [9.17, 15) is 0 Å². The first-order valence-electron chi connectivity index (χ1n) is 5.75. The Kier molecular flexibility index (Phi) is 2.84. The lowest BCUT2D eigenvalue weighted by Gasteiger charge is -2.07. The Morgan fingerprint density at radius 3 is 3.00 bits per heavy atom. The molecule has 1 fully saturated rings. The summed E-state index contributed by atoms with van der Waals surface area (Å²) >= 11 is 7.57. The predicted molar refractivity (Wildman–Crippen MR) is 72.0 cm³/mol. The third kappa shape index (κ3) is 2.64. The molecule has 1 N–H and O–H groups in total. The Labute approximate surface area is 109 Å². The molecule has 0 saturated heterocycles. The molecule has 17 heavy (non-hydrogen) atoms. The molecule has 2 heterocycles. The third-order valence-corrected chi connectivity index (χ3v) is 3.98. The monoisotopic (exact) mass is 267 g/mol. The van der Waals surface area contributed by atoms with Crippen LogP contribution in [-0.2, 0) is 6.54 Å². The van der Waals surface area contributed by atoms with E-state index in [4.69, 9.17) is 11.6 Å². The van der Waals surface area contributed by atoms with Gasteiger partial charge in [0.25, 0.3) is 0 Å². The molecule has 0 spiro atoms. The molecule has 3 rings (SSSR count). The number of anilines is 1. The molecule has 1 saturated carbocycles. The summed E-state index contributed by atoms with van der Waals surface area (Å²) in [5, 5.41) is 3.46. The van der Waals surface area contributed by atoms with Crippen LogP contribution in [0.4, 0.5) is 5.95 Å². The highest BCUT2D eigenvalue weighted by atomic mass is 35.5. The van der Waals surface area contributed by atoms with Gasteiger partial charge >= 0.3 is 0 Å². The van der Waals surface area contributed by atoms with Crippen LogP contribution in [0.25, 0.3) is 0 Å². The van der Waals surface area contributed by atoms with E-state index in [1.807, 2.05) is 13.0 Å². The average Bonchev–Trinajstić information content (AvgIpc) is 2.89. The van der Waals surface area contributed by atoms with E-state index in [1.165, 1.54) is 17.7 Å². The molecule has 3 nitrogen and oxygen atoms in total. The van der Waals surface area contributed by atoms with Crippen molar-refractivity contribution < 1.29 is 0 Å². The lowest BCUT2D eigenvalue weighted by molar-refractivity contribution is 0.808. The van der Waals surface area contributed by atoms with Crippen LogP contribution in [0, 0.1) is 6.92 Å². The maximum Gasteiger partial charge on any atom is 0.203 e. The lowest BCUT2D eigenvalue weighted by atomic mass is 10.4. The van der Waals surface area contributed by atoms with Crippen molar-refractivity contribution in [1.29, 1.82) is 0 Å². The van der Waals surface area contributed by atoms with Crippen molar-refractivity contribution in [3.8, 4) is 0 Å². The zero-order valence-corrected chi connectivity index (χ0v) is 11.2. The number of hydrogen-bond acceptors (Lipinski definition) is 3. The Hall–Kier alpha value is -1.00. The van der Waals surface area contributed by atoms with Crippen molar-refractivity contribution in [3.05, 3.63) is 33.2 Å². The largest absolute Gasteiger partial charge is 0.353 e. The molecule has 90 valence electrons. The van der Waals surface area contributed by atoms with Gasteiger partial charge < -0.3 is 9.88 Å². The molecule has 1 aliphatic rings. The maximum absolute atomic E-state index is 5.94. The zero-order chi connectivity index (χ0) is 11.8. The first-order chi connectivity index (χ1) is 8.20. The normalized spacial score (nSPS) is 15.2. The summed E-state index contributed by atoms with van der Waals surface area (Å²) in [5.74, 6) is 0.981. The lowest BCUT2D eigenvalue weighted by Crippen LogP contribution is -2.09. The third-order valence-electron chi connectivity index (χ3n) is 2.76. The summed E-state index contributed by atoms with van der Waals surface area (Å²) < 4.78 is 3.00. The number of thiophene rings is 1. The van der Waals surface area contributed by atoms with Gasteiger partial charge in [-0.3, -0.25) is 0 Å². The van der Waals surface area contributed by atoms with Crippen molar-refractivity contribution >= 4 is 28.9 Å². The Morgan fingerprint density at radius 1 is 1.53 bits per heavy atom. The van der Waals surface area contributed by atoms with Gasteiger partial charge in [-0.15, -0.1) is 11.3 Å². The van der Waals surface area contributed by atoms with Gasteiger partial charge in [-0.05, 0) is 31.9 Å². The van der Waals surface area contributed by atoms with Crippen LogP contribution in [0.2, 0.25) is 4.34 Å². The fraction of sp³-hybridized carbons (Fsp3) is 0.417. The van der Waals surface area contributed by atoms with E-state index >= 15 is 0 Å². The quantitative estimate of drug-likeness (QED) is 0.918. The van der Waals surface area contributed by atoms with E-state index in [0.29, 0.717) is 6.04 Å². The number of hydrogen-bond donors (Lipinski definition) is 1. The van der Waals surface area contributed by atoms with Crippen LogP contribution >= 0.6 is 22.9 Å². The van der Waals surface area contributed by atoms with E-state index in [2.05, 4.69) is 27.1 Å². The fourth-order valence-electron chi connectivity index (χ4n) is 1.80. The SMILES string of the molecule is Cc1cn(Cc2ccc(Cl)s2)c(NC2CC2)n1. The Bertz CT molecular complexity index is 528. The molecular formula is C12H14ClN3S. The molecule has 0 aromatic carbocycles. The highest BCUT2D eigenvalue weighted by Gasteiger charge is 2.23. The molecule has 5 heteroatoms. The van der Waals surface area contributed by atoms with Gasteiger partial charge in [0.2, 0.25) is 5.95 Å². The second kappa shape index (κ2) is 4.35. The number of rotatable bonds is 4. The minimum Gasteiger partial charge on any atom is -0.353 e. The first kappa shape index (κ1) is 11.1. The second-order valence-corrected chi connectivity index (χ2v) is 6.26. The van der Waals surface area contributed by atoms with E-state index in [0.717, 1.165) is 22.5 Å². The maximum atomic E-state index is 5.94. The number of aryl methyl sites for hydroxylation is 1. The van der Waals surface area contributed by atoms with E-state index in [1.54, 1.807) is 11.3 Å². The molecule has 0 amide bonds. The standard InChI is InChI=1S/C12H14ClN3S/c1-8-6-16(7-10-4-5-11(13)17-10)12(14-8)15-9-2-3-9/h4-6,9H,2-3,7H2,1H3,(H,14,15). The summed E-state index contributed by atoms with van der Waals surface area (Å²) in [6.45, 7) is 2.86. The van der Waals surface area contributed by atoms with Gasteiger partial charge in [0, 0.05) is 17.1 Å². The molecule has 0 unspecified atom stereocenters. The van der Waals surface area contributed by atoms with Crippen LogP contribution in [0.3, 0.4) is 0 Å². The molecule has 2 aromatic rings. The molecule has 1 aliphatic carbocycles. The van der Waals surface area contributed by atoms with Gasteiger partial charge in [-0.1, -0.05) is 11.6 Å². The number of nitrogens with one attached hydrogen (secondary N) is 1. The molecular weight excluding hydrogens is 254 g/mol. The van der Waals surface area contributed by atoms with Crippen molar-refractivity contribution in [2.75, 3.05) is 5.32 Å². The van der Waals surface area contributed by atoms with Gasteiger partial charge in [-0.25, -0.2) is 4.98 Å². The van der Waals surface area contributed by atoms with Crippen LogP contribution in [-0.4, -0.2) is 15.6 Å². The molecule has 0 bridgehead atoms. The highest BCUT2D eigenvalue weighted by molar-refractivity contribution is 7.16. The van der Waals surface area contributed by atoms with Gasteiger partial charge in [0.1, 0.15) is 0 Å². The summed E-state index contributed by atoms with van der Waals surface area (Å²) in [5.41, 5.74) is 1.05. The zero-order valence-electron chi connectivity index (χ0n) is 9.61. The van der Waals surface area contributed by atoms with Crippen molar-refractivity contribution in [2.45, 2.75) is 32.4 Å². The van der Waals surface area contributed by atoms with Crippen LogP contribution < -0.4 is 5.32 Å². The Balaban J connectivity index is 1.80. The van der Waals surface area contributed by atoms with Crippen molar-refractivity contribution in [3.63, 3.8) is 0 Å². The number of imidazole rings is 1. The number of aromatic nitrogens is 2. The van der Waals surface area contributed by atoms with Gasteiger partial charge in [-0.2, -0.15) is 0 Å². The van der Waals surface area contributed by atoms with E-state index < -0.39 is 0 Å². The summed E-state index contributed by atoms with van der Waals surface area (Å²) in [7, 11) is 0. The Morgan fingerprint density at radius 2 is 2.35 bits per heavy atom. The second-order valence-electron chi connectivity index (χ2n) is 4.46. The topological polar surface area (TPSA) is 29.9 Å². The summed E-state index contributed by atoms with van der Waals surface area (Å²) in [6.07, 6.45) is 4.60. The fourth-order valence-corrected chi connectivity index (χ4v) is 2.88. The molecule has 0 radical (unpaired) electrons. The van der Waals surface area contributed by atoms with Gasteiger partial charge in [0.05, 0.1) is 16.6 Å². The minimum absolute atomic E-state index is 0.627. The van der Waals surface area contributed by atoms with E-state index in [-0.39, 0.29) is 0 Å². The summed E-state index contributed by atoms with van der Waals surface area (Å²) in [6, 6.07) is 4.64. The number of halogens is 1. The first-order valence-corrected chi connectivity index (χ1v) is 6.95. The van der Waals surface area contributed by atoms with Crippen LogP contribution in [0.1, 0.15) is 23.4 Å². The van der Waals surface area contributed by atoms with Crippen LogP contribution in [0.5, 0.6) is 0 Å². The highest BCUT2D eigenvalue weighted by Crippen LogP contribution is 2.26. The predicted octanol–water partition coefficient (Wildman–Crippen LogP) is 3.53. The minimum atomic E-state index is 0.627.